The number of hydrogen-bond donors (Lipinski definition) is 3. The smallest absolute Gasteiger partial charge is 0.315 e. The molecule has 0 saturated carbocycles. The van der Waals surface area contributed by atoms with Crippen molar-refractivity contribution in [1.82, 2.24) is 10.6 Å². The van der Waals surface area contributed by atoms with Gasteiger partial charge < -0.3 is 15.7 Å². The van der Waals surface area contributed by atoms with Crippen molar-refractivity contribution in [2.75, 3.05) is 12.8 Å². The molecular formula is C10H20N2O4S. The first-order chi connectivity index (χ1) is 7.86. The lowest BCUT2D eigenvalue weighted by molar-refractivity contribution is -0.137. The van der Waals surface area contributed by atoms with E-state index in [1.54, 1.807) is 20.1 Å². The van der Waals surface area contributed by atoms with Gasteiger partial charge in [-0.3, -0.25) is 9.00 Å². The molecule has 17 heavy (non-hydrogen) atoms. The molecular weight excluding hydrogens is 244 g/mol. The molecule has 0 rings (SSSR count). The minimum absolute atomic E-state index is 0.0980. The number of aliphatic carboxylic acids is 1. The van der Waals surface area contributed by atoms with Gasteiger partial charge in [-0.2, -0.15) is 0 Å². The predicted molar refractivity (Wildman–Crippen MR) is 66.4 cm³/mol. The molecule has 0 aromatic rings. The number of carboxylic acids is 1. The Bertz CT molecular complexity index is 296. The molecule has 2 amide bonds. The monoisotopic (exact) mass is 264 g/mol. The van der Waals surface area contributed by atoms with E-state index in [1.165, 1.54) is 0 Å². The Morgan fingerprint density at radius 2 is 2.00 bits per heavy atom. The van der Waals surface area contributed by atoms with Crippen molar-refractivity contribution in [3.63, 3.8) is 0 Å². The average Bonchev–Trinajstić information content (AvgIpc) is 2.23. The highest BCUT2D eigenvalue weighted by molar-refractivity contribution is 7.84. The molecule has 0 aliphatic carbocycles. The Balaban J connectivity index is 3.98. The van der Waals surface area contributed by atoms with E-state index in [0.717, 1.165) is 0 Å². The van der Waals surface area contributed by atoms with Crippen LogP contribution >= 0.6 is 0 Å². The van der Waals surface area contributed by atoms with Crippen LogP contribution in [0.5, 0.6) is 0 Å². The molecule has 0 aliphatic rings. The zero-order chi connectivity index (χ0) is 13.4. The summed E-state index contributed by atoms with van der Waals surface area (Å²) in [5.74, 6) is -0.944. The summed E-state index contributed by atoms with van der Waals surface area (Å²) in [6, 6.07) is -0.801. The minimum Gasteiger partial charge on any atom is -0.481 e. The molecule has 0 bridgehead atoms. The molecule has 0 radical (unpaired) electrons. The van der Waals surface area contributed by atoms with Gasteiger partial charge >= 0.3 is 12.0 Å². The van der Waals surface area contributed by atoms with Crippen LogP contribution in [0.3, 0.4) is 0 Å². The molecule has 3 unspecified atom stereocenters. The largest absolute Gasteiger partial charge is 0.481 e. The van der Waals surface area contributed by atoms with Crippen molar-refractivity contribution < 1.29 is 18.9 Å². The van der Waals surface area contributed by atoms with E-state index < -0.39 is 22.8 Å². The first-order valence-corrected chi connectivity index (χ1v) is 7.07. The molecule has 0 saturated heterocycles. The van der Waals surface area contributed by atoms with Gasteiger partial charge in [0.05, 0.1) is 6.42 Å². The van der Waals surface area contributed by atoms with Gasteiger partial charge in [-0.1, -0.05) is 6.92 Å². The maximum atomic E-state index is 11.4. The van der Waals surface area contributed by atoms with Crippen LogP contribution in [0.2, 0.25) is 0 Å². The Kier molecular flexibility index (Phi) is 7.53. The predicted octanol–water partition coefficient (Wildman–Crippen LogP) is 0.306. The Hall–Kier alpha value is -1.11. The number of hydrogen-bond acceptors (Lipinski definition) is 3. The van der Waals surface area contributed by atoms with Crippen molar-refractivity contribution in [3.8, 4) is 0 Å². The summed E-state index contributed by atoms with van der Waals surface area (Å²) >= 11 is 0. The van der Waals surface area contributed by atoms with E-state index in [0.29, 0.717) is 13.0 Å². The van der Waals surface area contributed by atoms with Crippen LogP contribution < -0.4 is 10.6 Å². The standard InChI is InChI=1S/C10H20N2O4S/c1-4-8(5-9(13)14)12-10(15)11-6-7(2)17(3)16/h7-8H,4-6H2,1-3H3,(H,13,14)(H2,11,12,15). The lowest BCUT2D eigenvalue weighted by atomic mass is 10.1. The fourth-order valence-electron chi connectivity index (χ4n) is 1.10. The van der Waals surface area contributed by atoms with Crippen LogP contribution in [0.25, 0.3) is 0 Å². The first-order valence-electron chi connectivity index (χ1n) is 5.45. The van der Waals surface area contributed by atoms with E-state index >= 15 is 0 Å². The summed E-state index contributed by atoms with van der Waals surface area (Å²) in [4.78, 5) is 21.9. The topological polar surface area (TPSA) is 95.5 Å². The van der Waals surface area contributed by atoms with Gasteiger partial charge in [-0.25, -0.2) is 4.79 Å². The van der Waals surface area contributed by atoms with Gasteiger partial charge in [0.1, 0.15) is 0 Å². The van der Waals surface area contributed by atoms with Crippen molar-refractivity contribution in [3.05, 3.63) is 0 Å². The zero-order valence-electron chi connectivity index (χ0n) is 10.4. The van der Waals surface area contributed by atoms with E-state index in [2.05, 4.69) is 10.6 Å². The second kappa shape index (κ2) is 8.05. The fraction of sp³-hybridized carbons (Fsp3) is 0.800. The van der Waals surface area contributed by atoms with Gasteiger partial charge in [0.15, 0.2) is 0 Å². The number of nitrogens with one attached hydrogen (secondary N) is 2. The summed E-state index contributed by atoms with van der Waals surface area (Å²) in [5.41, 5.74) is 0. The third-order valence-electron chi connectivity index (χ3n) is 2.37. The number of carbonyl (C=O) groups is 2. The van der Waals surface area contributed by atoms with Crippen molar-refractivity contribution in [1.29, 1.82) is 0 Å². The molecule has 6 nitrogen and oxygen atoms in total. The van der Waals surface area contributed by atoms with Gasteiger partial charge in [0.25, 0.3) is 0 Å². The summed E-state index contributed by atoms with van der Waals surface area (Å²) in [7, 11) is -0.987. The summed E-state index contributed by atoms with van der Waals surface area (Å²) in [6.07, 6.45) is 2.03. The summed E-state index contributed by atoms with van der Waals surface area (Å²) in [6.45, 7) is 3.88. The van der Waals surface area contributed by atoms with Crippen molar-refractivity contribution in [2.45, 2.75) is 38.0 Å². The van der Waals surface area contributed by atoms with Crippen LogP contribution in [0.15, 0.2) is 0 Å². The molecule has 0 heterocycles. The number of rotatable bonds is 7. The molecule has 0 spiro atoms. The van der Waals surface area contributed by atoms with E-state index in [1.807, 2.05) is 0 Å². The molecule has 7 heteroatoms. The SMILES string of the molecule is CCC(CC(=O)O)NC(=O)NCC(C)S(C)=O. The maximum Gasteiger partial charge on any atom is 0.315 e. The molecule has 0 aliphatic heterocycles. The van der Waals surface area contributed by atoms with E-state index in [4.69, 9.17) is 5.11 Å². The third kappa shape index (κ3) is 7.73. The Morgan fingerprint density at radius 1 is 1.41 bits per heavy atom. The van der Waals surface area contributed by atoms with Crippen LogP contribution in [0.4, 0.5) is 4.79 Å². The fourth-order valence-corrected chi connectivity index (χ4v) is 1.42. The second-order valence-electron chi connectivity index (χ2n) is 3.87. The Morgan fingerprint density at radius 3 is 2.41 bits per heavy atom. The highest BCUT2D eigenvalue weighted by atomic mass is 32.2. The lowest BCUT2D eigenvalue weighted by Gasteiger charge is -2.16. The molecule has 0 fully saturated rings. The highest BCUT2D eigenvalue weighted by Crippen LogP contribution is 1.97. The molecule has 3 atom stereocenters. The molecule has 3 N–H and O–H groups in total. The summed E-state index contributed by atoms with van der Waals surface area (Å²) < 4.78 is 11.0. The van der Waals surface area contributed by atoms with E-state index in [-0.39, 0.29) is 17.7 Å². The number of amides is 2. The molecule has 0 aromatic heterocycles. The van der Waals surface area contributed by atoms with Crippen molar-refractivity contribution in [2.24, 2.45) is 0 Å². The van der Waals surface area contributed by atoms with Gasteiger partial charge in [-0.05, 0) is 13.3 Å². The van der Waals surface area contributed by atoms with Crippen LogP contribution in [-0.2, 0) is 15.6 Å². The average molecular weight is 264 g/mol. The maximum absolute atomic E-state index is 11.4. The molecule has 100 valence electrons. The van der Waals surface area contributed by atoms with Crippen LogP contribution in [-0.4, -0.2) is 45.4 Å². The zero-order valence-corrected chi connectivity index (χ0v) is 11.2. The highest BCUT2D eigenvalue weighted by Gasteiger charge is 2.14. The van der Waals surface area contributed by atoms with Gasteiger partial charge in [-0.15, -0.1) is 0 Å². The number of urea groups is 1. The quantitative estimate of drug-likeness (QED) is 0.616. The van der Waals surface area contributed by atoms with Crippen LogP contribution in [0.1, 0.15) is 26.7 Å². The first kappa shape index (κ1) is 15.9. The lowest BCUT2D eigenvalue weighted by Crippen LogP contribution is -2.45. The van der Waals surface area contributed by atoms with Crippen LogP contribution in [0, 0.1) is 0 Å². The van der Waals surface area contributed by atoms with Gasteiger partial charge in [0, 0.05) is 34.9 Å². The third-order valence-corrected chi connectivity index (χ3v) is 3.67. The normalized spacial score (nSPS) is 15.7. The van der Waals surface area contributed by atoms with E-state index in [9.17, 15) is 13.8 Å². The van der Waals surface area contributed by atoms with Crippen molar-refractivity contribution >= 4 is 22.8 Å². The van der Waals surface area contributed by atoms with Gasteiger partial charge in [0.2, 0.25) is 0 Å². The molecule has 0 aromatic carbocycles. The second-order valence-corrected chi connectivity index (χ2v) is 5.67. The summed E-state index contributed by atoms with van der Waals surface area (Å²) in [5, 5.41) is 13.6. The Labute approximate surface area is 104 Å². The number of carboxylic acid groups (broad SMARTS) is 1. The minimum atomic E-state index is -0.987. The number of carbonyl (C=O) groups excluding carboxylic acids is 1.